The summed E-state index contributed by atoms with van der Waals surface area (Å²) >= 11 is 0. The van der Waals surface area contributed by atoms with Crippen LogP contribution in [-0.4, -0.2) is 25.6 Å². The predicted molar refractivity (Wildman–Crippen MR) is 86.4 cm³/mol. The second-order valence-electron chi connectivity index (χ2n) is 4.80. The normalized spacial score (nSPS) is 15.3. The topological polar surface area (TPSA) is 57.1 Å². The lowest BCUT2D eigenvalue weighted by molar-refractivity contribution is -0.130. The molecule has 116 valence electrons. The minimum Gasteiger partial charge on any atom is -0.497 e. The average Bonchev–Trinajstić information content (AvgIpc) is 2.94. The molecule has 0 spiro atoms. The average molecular weight is 309 g/mol. The van der Waals surface area contributed by atoms with Gasteiger partial charge in [-0.2, -0.15) is 0 Å². The number of rotatable bonds is 5. The molecule has 5 nitrogen and oxygen atoms in total. The van der Waals surface area contributed by atoms with E-state index < -0.39 is 5.97 Å². The molecule has 1 heterocycles. The van der Waals surface area contributed by atoms with Gasteiger partial charge in [-0.05, 0) is 35.9 Å². The molecule has 0 amide bonds. The molecule has 2 aromatic carbocycles. The summed E-state index contributed by atoms with van der Waals surface area (Å²) in [6.07, 6.45) is 1.66. The number of carbonyl (C=O) groups excluding carboxylic acids is 1. The SMILES string of the molecule is COc1ccc(/C=C2/N=C(COc3ccccc3)OC2=O)cc1. The maximum atomic E-state index is 11.8. The summed E-state index contributed by atoms with van der Waals surface area (Å²) < 4.78 is 15.7. The smallest absolute Gasteiger partial charge is 0.363 e. The first kappa shape index (κ1) is 14.8. The zero-order valence-corrected chi connectivity index (χ0v) is 12.6. The van der Waals surface area contributed by atoms with Crippen LogP contribution in [0.4, 0.5) is 0 Å². The van der Waals surface area contributed by atoms with E-state index in [-0.39, 0.29) is 18.2 Å². The Morgan fingerprint density at radius 3 is 2.48 bits per heavy atom. The van der Waals surface area contributed by atoms with Crippen LogP contribution in [-0.2, 0) is 9.53 Å². The minimum atomic E-state index is -0.479. The van der Waals surface area contributed by atoms with Crippen LogP contribution >= 0.6 is 0 Å². The van der Waals surface area contributed by atoms with Crippen LogP contribution in [0.3, 0.4) is 0 Å². The Kier molecular flexibility index (Phi) is 4.38. The molecular weight excluding hydrogens is 294 g/mol. The monoisotopic (exact) mass is 309 g/mol. The lowest BCUT2D eigenvalue weighted by Crippen LogP contribution is -2.13. The number of hydrogen-bond acceptors (Lipinski definition) is 5. The molecule has 0 saturated carbocycles. The van der Waals surface area contributed by atoms with Gasteiger partial charge in [0, 0.05) is 0 Å². The third-order valence-electron chi connectivity index (χ3n) is 3.19. The first-order valence-electron chi connectivity index (χ1n) is 7.08. The van der Waals surface area contributed by atoms with Gasteiger partial charge in [-0.1, -0.05) is 30.3 Å². The van der Waals surface area contributed by atoms with Gasteiger partial charge in [0.2, 0.25) is 5.90 Å². The fourth-order valence-electron chi connectivity index (χ4n) is 2.03. The quantitative estimate of drug-likeness (QED) is 0.629. The van der Waals surface area contributed by atoms with Crippen LogP contribution in [0.2, 0.25) is 0 Å². The van der Waals surface area contributed by atoms with Gasteiger partial charge >= 0.3 is 5.97 Å². The van der Waals surface area contributed by atoms with Crippen LogP contribution in [0.1, 0.15) is 5.56 Å². The van der Waals surface area contributed by atoms with Crippen molar-refractivity contribution in [3.8, 4) is 11.5 Å². The van der Waals surface area contributed by atoms with Crippen molar-refractivity contribution < 1.29 is 19.0 Å². The molecule has 1 aliphatic heterocycles. The number of hydrogen-bond donors (Lipinski definition) is 0. The van der Waals surface area contributed by atoms with Crippen LogP contribution in [0.5, 0.6) is 11.5 Å². The van der Waals surface area contributed by atoms with Crippen LogP contribution in [0.25, 0.3) is 6.08 Å². The molecule has 0 aliphatic carbocycles. The van der Waals surface area contributed by atoms with Crippen LogP contribution in [0, 0.1) is 0 Å². The summed E-state index contributed by atoms with van der Waals surface area (Å²) in [5.74, 6) is 1.21. The Bertz CT molecular complexity index is 748. The van der Waals surface area contributed by atoms with Gasteiger partial charge in [0.05, 0.1) is 7.11 Å². The van der Waals surface area contributed by atoms with Crippen LogP contribution in [0.15, 0.2) is 65.3 Å². The number of carbonyl (C=O) groups is 1. The van der Waals surface area contributed by atoms with Gasteiger partial charge < -0.3 is 14.2 Å². The number of benzene rings is 2. The molecule has 1 aliphatic rings. The summed E-state index contributed by atoms with van der Waals surface area (Å²) in [6, 6.07) is 16.6. The molecule has 0 bridgehead atoms. The molecule has 0 radical (unpaired) electrons. The zero-order valence-electron chi connectivity index (χ0n) is 12.6. The highest BCUT2D eigenvalue weighted by molar-refractivity contribution is 6.07. The van der Waals surface area contributed by atoms with Gasteiger partial charge in [0.25, 0.3) is 0 Å². The Morgan fingerprint density at radius 2 is 1.78 bits per heavy atom. The number of methoxy groups -OCH3 is 1. The van der Waals surface area contributed by atoms with Crippen molar-refractivity contribution in [3.05, 3.63) is 65.9 Å². The highest BCUT2D eigenvalue weighted by Crippen LogP contribution is 2.18. The second-order valence-corrected chi connectivity index (χ2v) is 4.80. The predicted octanol–water partition coefficient (Wildman–Crippen LogP) is 3.07. The zero-order chi connectivity index (χ0) is 16.1. The minimum absolute atomic E-state index is 0.107. The third kappa shape index (κ3) is 3.77. The molecule has 0 saturated heterocycles. The number of aliphatic imine (C=N–C) groups is 1. The Balaban J connectivity index is 1.69. The molecule has 23 heavy (non-hydrogen) atoms. The fourth-order valence-corrected chi connectivity index (χ4v) is 2.03. The van der Waals surface area contributed by atoms with Crippen LogP contribution < -0.4 is 9.47 Å². The Hall–Kier alpha value is -3.08. The molecular formula is C18H15NO4. The Morgan fingerprint density at radius 1 is 1.04 bits per heavy atom. The summed E-state index contributed by atoms with van der Waals surface area (Å²) in [5, 5.41) is 0. The second kappa shape index (κ2) is 6.79. The Labute approximate surface area is 133 Å². The molecule has 0 aromatic heterocycles. The molecule has 0 unspecified atom stereocenters. The number of cyclic esters (lactones) is 1. The van der Waals surface area contributed by atoms with Crippen molar-refractivity contribution in [3.63, 3.8) is 0 Å². The van der Waals surface area contributed by atoms with E-state index in [1.165, 1.54) is 0 Å². The maximum absolute atomic E-state index is 11.8. The number of ether oxygens (including phenoxy) is 3. The van der Waals surface area contributed by atoms with Gasteiger partial charge in [-0.25, -0.2) is 9.79 Å². The van der Waals surface area contributed by atoms with E-state index in [0.29, 0.717) is 5.75 Å². The van der Waals surface area contributed by atoms with Gasteiger partial charge in [0.1, 0.15) is 11.5 Å². The van der Waals surface area contributed by atoms with E-state index in [9.17, 15) is 4.79 Å². The lowest BCUT2D eigenvalue weighted by Gasteiger charge is -2.03. The van der Waals surface area contributed by atoms with Crippen molar-refractivity contribution in [2.75, 3.05) is 13.7 Å². The summed E-state index contributed by atoms with van der Waals surface area (Å²) in [7, 11) is 1.60. The van der Waals surface area contributed by atoms with Crippen molar-refractivity contribution in [1.29, 1.82) is 0 Å². The first-order chi connectivity index (χ1) is 11.2. The molecule has 0 N–H and O–H groups in total. The van der Waals surface area contributed by atoms with Crippen molar-refractivity contribution >= 4 is 17.9 Å². The number of esters is 1. The number of para-hydroxylation sites is 1. The molecule has 3 rings (SSSR count). The van der Waals surface area contributed by atoms with Crippen molar-refractivity contribution in [2.45, 2.75) is 0 Å². The maximum Gasteiger partial charge on any atom is 0.363 e. The first-order valence-corrected chi connectivity index (χ1v) is 7.08. The van der Waals surface area contributed by atoms with Gasteiger partial charge in [-0.15, -0.1) is 0 Å². The van der Waals surface area contributed by atoms with Gasteiger partial charge in [-0.3, -0.25) is 0 Å². The van der Waals surface area contributed by atoms with E-state index in [1.54, 1.807) is 13.2 Å². The van der Waals surface area contributed by atoms with E-state index in [4.69, 9.17) is 14.2 Å². The summed E-state index contributed by atoms with van der Waals surface area (Å²) in [6.45, 7) is 0.107. The van der Waals surface area contributed by atoms with Crippen molar-refractivity contribution in [2.24, 2.45) is 4.99 Å². The fraction of sp³-hybridized carbons (Fsp3) is 0.111. The molecule has 0 fully saturated rings. The number of nitrogens with zero attached hydrogens (tertiary/aromatic N) is 1. The van der Waals surface area contributed by atoms with E-state index in [2.05, 4.69) is 4.99 Å². The highest BCUT2D eigenvalue weighted by atomic mass is 16.6. The standard InChI is InChI=1S/C18H15NO4/c1-21-14-9-7-13(8-10-14)11-16-18(20)23-17(19-16)12-22-15-5-3-2-4-6-15/h2-11H,12H2,1H3/b16-11+. The molecule has 5 heteroatoms. The van der Waals surface area contributed by atoms with E-state index in [0.717, 1.165) is 11.3 Å². The summed E-state index contributed by atoms with van der Waals surface area (Å²) in [4.78, 5) is 16.0. The van der Waals surface area contributed by atoms with E-state index >= 15 is 0 Å². The van der Waals surface area contributed by atoms with E-state index in [1.807, 2.05) is 54.6 Å². The third-order valence-corrected chi connectivity index (χ3v) is 3.19. The molecule has 2 aromatic rings. The highest BCUT2D eigenvalue weighted by Gasteiger charge is 2.23. The molecule has 0 atom stereocenters. The lowest BCUT2D eigenvalue weighted by atomic mass is 10.2. The van der Waals surface area contributed by atoms with Gasteiger partial charge in [0.15, 0.2) is 12.3 Å². The van der Waals surface area contributed by atoms with Crippen molar-refractivity contribution in [1.82, 2.24) is 0 Å². The summed E-state index contributed by atoms with van der Waals surface area (Å²) in [5.41, 5.74) is 1.09. The largest absolute Gasteiger partial charge is 0.497 e.